The second-order valence-electron chi connectivity index (χ2n) is 7.34. The number of hydrogen-bond donors (Lipinski definition) is 3. The first-order chi connectivity index (χ1) is 15.6. The molecule has 0 aromatic heterocycles. The Morgan fingerprint density at radius 3 is 2.25 bits per heavy atom. The lowest BCUT2D eigenvalue weighted by Gasteiger charge is -2.18. The van der Waals surface area contributed by atoms with Crippen molar-refractivity contribution >= 4 is 23.5 Å². The maximum Gasteiger partial charge on any atom is 0.412 e. The molecule has 4 atom stereocenters. The van der Waals surface area contributed by atoms with Crippen LogP contribution in [0.15, 0.2) is 48.5 Å². The van der Waals surface area contributed by atoms with Gasteiger partial charge in [-0.25, -0.2) is 9.59 Å². The van der Waals surface area contributed by atoms with Gasteiger partial charge in [0, 0.05) is 29.6 Å². The van der Waals surface area contributed by atoms with Gasteiger partial charge in [-0.3, -0.25) is 5.32 Å². The molecule has 3 N–H and O–H groups in total. The lowest BCUT2D eigenvalue weighted by atomic mass is 10.1. The van der Waals surface area contributed by atoms with Crippen molar-refractivity contribution in [3.63, 3.8) is 0 Å². The lowest BCUT2D eigenvalue weighted by molar-refractivity contribution is 0.00874. The topological polar surface area (TPSA) is 116 Å². The number of anilines is 2. The average Bonchev–Trinajstić information content (AvgIpc) is 3.37. The van der Waals surface area contributed by atoms with Gasteiger partial charge in [-0.15, -0.1) is 0 Å². The third-order valence-corrected chi connectivity index (χ3v) is 5.21. The average molecular weight is 443 g/mol. The van der Waals surface area contributed by atoms with Crippen LogP contribution in [0, 0.1) is 0 Å². The Hall–Kier alpha value is -3.50. The van der Waals surface area contributed by atoms with E-state index in [0.29, 0.717) is 22.9 Å². The van der Waals surface area contributed by atoms with Crippen molar-refractivity contribution in [2.75, 3.05) is 38.1 Å². The van der Waals surface area contributed by atoms with Gasteiger partial charge in [-0.1, -0.05) is 18.2 Å². The minimum atomic E-state index is -0.588. The number of benzene rings is 2. The second-order valence-corrected chi connectivity index (χ2v) is 7.34. The summed E-state index contributed by atoms with van der Waals surface area (Å²) in [5.41, 5.74) is 1.14. The van der Waals surface area contributed by atoms with Gasteiger partial charge in [0.15, 0.2) is 6.10 Å². The van der Waals surface area contributed by atoms with Crippen LogP contribution >= 0.6 is 0 Å². The minimum Gasteiger partial charge on any atom is -0.497 e. The van der Waals surface area contributed by atoms with Crippen molar-refractivity contribution in [2.24, 2.45) is 0 Å². The van der Waals surface area contributed by atoms with Crippen LogP contribution in [0.1, 0.15) is 0 Å². The Bertz CT molecular complexity index is 934. The van der Waals surface area contributed by atoms with Crippen molar-refractivity contribution in [2.45, 2.75) is 24.4 Å². The fraction of sp³-hybridized carbons (Fsp3) is 0.364. The summed E-state index contributed by atoms with van der Waals surface area (Å²) in [4.78, 5) is 24.7. The Labute approximate surface area is 185 Å². The monoisotopic (exact) mass is 443 g/mol. The van der Waals surface area contributed by atoms with Crippen molar-refractivity contribution in [1.82, 2.24) is 5.32 Å². The zero-order valence-corrected chi connectivity index (χ0v) is 17.7. The predicted molar refractivity (Wildman–Crippen MR) is 115 cm³/mol. The van der Waals surface area contributed by atoms with Crippen LogP contribution in [-0.4, -0.2) is 63.9 Å². The molecule has 0 unspecified atom stereocenters. The summed E-state index contributed by atoms with van der Waals surface area (Å²) in [6.45, 7) is 0.425. The molecule has 10 nitrogen and oxygen atoms in total. The summed E-state index contributed by atoms with van der Waals surface area (Å²) in [6.07, 6.45) is -2.04. The molecule has 0 radical (unpaired) electrons. The molecule has 2 aliphatic heterocycles. The highest BCUT2D eigenvalue weighted by Crippen LogP contribution is 2.30. The van der Waals surface area contributed by atoms with E-state index in [1.807, 2.05) is 18.2 Å². The molecule has 4 rings (SSSR count). The van der Waals surface area contributed by atoms with Crippen LogP contribution in [0.4, 0.5) is 21.0 Å². The molecule has 0 aliphatic carbocycles. The SMILES string of the molecule is COc1cc(NC(=O)N[C@H]2CO[C@H]3[C@@H]2OC[C@H]3OC(=O)Nc2ccccc2)cc(OC)c1. The number of rotatable bonds is 6. The van der Waals surface area contributed by atoms with Crippen molar-refractivity contribution in [3.8, 4) is 11.5 Å². The Morgan fingerprint density at radius 2 is 1.56 bits per heavy atom. The summed E-state index contributed by atoms with van der Waals surface area (Å²) in [5, 5.41) is 8.27. The fourth-order valence-electron chi connectivity index (χ4n) is 3.71. The highest BCUT2D eigenvalue weighted by atomic mass is 16.6. The maximum atomic E-state index is 12.5. The number of carbonyl (C=O) groups excluding carboxylic acids is 2. The van der Waals surface area contributed by atoms with Crippen LogP contribution in [0.5, 0.6) is 11.5 Å². The second kappa shape index (κ2) is 9.75. The van der Waals surface area contributed by atoms with Crippen LogP contribution in [-0.2, 0) is 14.2 Å². The lowest BCUT2D eigenvalue weighted by Crippen LogP contribution is -2.46. The number of ether oxygens (including phenoxy) is 5. The Balaban J connectivity index is 1.30. The zero-order chi connectivity index (χ0) is 22.5. The Morgan fingerprint density at radius 1 is 0.875 bits per heavy atom. The molecule has 2 fully saturated rings. The number of para-hydroxylation sites is 1. The fourth-order valence-corrected chi connectivity index (χ4v) is 3.71. The molecule has 0 saturated carbocycles. The van der Waals surface area contributed by atoms with E-state index in [4.69, 9.17) is 23.7 Å². The standard InChI is InChI=1S/C22H25N3O7/c1-28-15-8-14(9-16(10-15)29-2)23-21(26)25-17-11-30-20-18(12-31-19(17)20)32-22(27)24-13-6-4-3-5-7-13/h3-10,17-20H,11-12H2,1-2H3,(H,24,27)(H2,23,25,26)/t17-,18+,19+,20+/m0/s1. The molecule has 32 heavy (non-hydrogen) atoms. The van der Waals surface area contributed by atoms with Crippen LogP contribution < -0.4 is 25.4 Å². The van der Waals surface area contributed by atoms with Gasteiger partial charge in [0.2, 0.25) is 0 Å². The van der Waals surface area contributed by atoms with E-state index in [1.165, 1.54) is 14.2 Å². The Kier molecular flexibility index (Phi) is 6.62. The molecule has 2 heterocycles. The summed E-state index contributed by atoms with van der Waals surface area (Å²) >= 11 is 0. The highest BCUT2D eigenvalue weighted by molar-refractivity contribution is 5.90. The normalized spacial score (nSPS) is 23.7. The van der Waals surface area contributed by atoms with Crippen molar-refractivity contribution in [3.05, 3.63) is 48.5 Å². The molecule has 0 spiro atoms. The van der Waals surface area contributed by atoms with E-state index in [1.54, 1.807) is 30.3 Å². The van der Waals surface area contributed by atoms with Crippen LogP contribution in [0.25, 0.3) is 0 Å². The minimum absolute atomic E-state index is 0.185. The van der Waals surface area contributed by atoms with Gasteiger partial charge in [0.1, 0.15) is 23.7 Å². The number of nitrogens with one attached hydrogen (secondary N) is 3. The third kappa shape index (κ3) is 5.04. The third-order valence-electron chi connectivity index (χ3n) is 5.21. The number of hydrogen-bond acceptors (Lipinski definition) is 7. The number of methoxy groups -OCH3 is 2. The van der Waals surface area contributed by atoms with Gasteiger partial charge in [-0.05, 0) is 12.1 Å². The van der Waals surface area contributed by atoms with E-state index in [9.17, 15) is 9.59 Å². The molecule has 10 heteroatoms. The van der Waals surface area contributed by atoms with Crippen LogP contribution in [0.2, 0.25) is 0 Å². The van der Waals surface area contributed by atoms with Gasteiger partial charge in [0.25, 0.3) is 0 Å². The molecule has 0 bridgehead atoms. The first kappa shape index (κ1) is 21.7. The molecule has 2 saturated heterocycles. The summed E-state index contributed by atoms with van der Waals surface area (Å²) in [5.74, 6) is 1.11. The summed E-state index contributed by atoms with van der Waals surface area (Å²) in [7, 11) is 3.06. The highest BCUT2D eigenvalue weighted by Gasteiger charge is 2.50. The van der Waals surface area contributed by atoms with E-state index >= 15 is 0 Å². The molecular formula is C22H25N3O7. The molecule has 3 amide bonds. The van der Waals surface area contributed by atoms with Crippen molar-refractivity contribution < 1.29 is 33.3 Å². The maximum absolute atomic E-state index is 12.5. The number of fused-ring (bicyclic) bond motifs is 1. The quantitative estimate of drug-likeness (QED) is 0.628. The first-order valence-electron chi connectivity index (χ1n) is 10.1. The van der Waals surface area contributed by atoms with Gasteiger partial charge in [-0.2, -0.15) is 0 Å². The molecule has 170 valence electrons. The van der Waals surface area contributed by atoms with Gasteiger partial charge in [0.05, 0.1) is 33.5 Å². The summed E-state index contributed by atoms with van der Waals surface area (Å²) in [6, 6.07) is 13.2. The molecule has 2 aromatic rings. The predicted octanol–water partition coefficient (Wildman–Crippen LogP) is 2.61. The van der Waals surface area contributed by atoms with E-state index in [0.717, 1.165) is 0 Å². The first-order valence-corrected chi connectivity index (χ1v) is 10.1. The molecule has 2 aromatic carbocycles. The van der Waals surface area contributed by atoms with E-state index in [-0.39, 0.29) is 13.2 Å². The summed E-state index contributed by atoms with van der Waals surface area (Å²) < 4.78 is 27.4. The zero-order valence-electron chi connectivity index (χ0n) is 17.7. The number of amides is 3. The van der Waals surface area contributed by atoms with E-state index in [2.05, 4.69) is 16.0 Å². The van der Waals surface area contributed by atoms with E-state index < -0.39 is 36.5 Å². The van der Waals surface area contributed by atoms with Gasteiger partial charge < -0.3 is 34.3 Å². The van der Waals surface area contributed by atoms with Crippen molar-refractivity contribution in [1.29, 1.82) is 0 Å². The van der Waals surface area contributed by atoms with Gasteiger partial charge >= 0.3 is 12.1 Å². The number of urea groups is 1. The largest absolute Gasteiger partial charge is 0.497 e. The molecule has 2 aliphatic rings. The smallest absolute Gasteiger partial charge is 0.412 e. The number of carbonyl (C=O) groups is 2. The van der Waals surface area contributed by atoms with Crippen LogP contribution in [0.3, 0.4) is 0 Å². The molecular weight excluding hydrogens is 418 g/mol.